The number of hydrogen-bond donors (Lipinski definition) is 1. The van der Waals surface area contributed by atoms with Gasteiger partial charge in [0.25, 0.3) is 0 Å². The first kappa shape index (κ1) is 6.49. The maximum Gasteiger partial charge on any atom is 0.0873 e. The number of rotatable bonds is 0. The van der Waals surface area contributed by atoms with E-state index < -0.39 is 0 Å². The van der Waals surface area contributed by atoms with E-state index in [1.807, 2.05) is 12.1 Å². The summed E-state index contributed by atoms with van der Waals surface area (Å²) >= 11 is 5.69. The van der Waals surface area contributed by atoms with Crippen LogP contribution in [0.25, 0.3) is 10.9 Å². The maximum absolute atomic E-state index is 5.69. The second-order valence-corrected chi connectivity index (χ2v) is 2.64. The molecule has 0 unspecified atom stereocenters. The number of hydrogen-bond acceptors (Lipinski definition) is 2. The van der Waals surface area contributed by atoms with E-state index in [2.05, 4.69) is 5.10 Å². The Labute approximate surface area is 68.5 Å². The molecule has 0 atom stereocenters. The quantitative estimate of drug-likeness (QED) is 0.606. The van der Waals surface area contributed by atoms with Crippen LogP contribution in [0, 0.1) is 0 Å². The minimum atomic E-state index is 0.724. The molecule has 0 fully saturated rings. The average molecular weight is 168 g/mol. The van der Waals surface area contributed by atoms with Crippen molar-refractivity contribution in [3.63, 3.8) is 0 Å². The molecular weight excluding hydrogens is 162 g/mol. The van der Waals surface area contributed by atoms with Crippen LogP contribution in [0.3, 0.4) is 0 Å². The van der Waals surface area contributed by atoms with E-state index in [-0.39, 0.29) is 0 Å². The molecule has 0 amide bonds. The molecule has 0 bridgehead atoms. The van der Waals surface area contributed by atoms with E-state index in [4.69, 9.17) is 17.5 Å². The van der Waals surface area contributed by atoms with Gasteiger partial charge in [-0.2, -0.15) is 9.30 Å². The van der Waals surface area contributed by atoms with Crippen molar-refractivity contribution in [1.29, 1.82) is 0 Å². The predicted octanol–water partition coefficient (Wildman–Crippen LogP) is 1.62. The SMILES string of the molecule is Nc1ccc2c(cnn2Cl)c1. The Morgan fingerprint density at radius 1 is 1.45 bits per heavy atom. The van der Waals surface area contributed by atoms with Crippen LogP contribution in [-0.2, 0) is 0 Å². The third-order valence-corrected chi connectivity index (χ3v) is 1.82. The lowest BCUT2D eigenvalue weighted by Crippen LogP contribution is -1.84. The highest BCUT2D eigenvalue weighted by atomic mass is 35.5. The summed E-state index contributed by atoms with van der Waals surface area (Å²) in [6.07, 6.45) is 1.68. The minimum absolute atomic E-state index is 0.724. The molecule has 2 rings (SSSR count). The molecule has 4 heteroatoms. The lowest BCUT2D eigenvalue weighted by Gasteiger charge is -1.92. The lowest BCUT2D eigenvalue weighted by atomic mass is 10.2. The third kappa shape index (κ3) is 0.935. The minimum Gasteiger partial charge on any atom is -0.399 e. The molecule has 0 aliphatic rings. The fraction of sp³-hybridized carbons (Fsp3) is 0. The Morgan fingerprint density at radius 3 is 3.09 bits per heavy atom. The molecular formula is C7H6ClN3. The van der Waals surface area contributed by atoms with Crippen molar-refractivity contribution in [2.45, 2.75) is 0 Å². The standard InChI is InChI=1S/C7H6ClN3/c8-11-7-2-1-6(9)3-5(7)4-10-11/h1-4H,9H2. The molecule has 0 aliphatic heterocycles. The van der Waals surface area contributed by atoms with E-state index in [9.17, 15) is 0 Å². The van der Waals surface area contributed by atoms with Gasteiger partial charge in [0, 0.05) is 22.9 Å². The normalized spacial score (nSPS) is 10.6. The van der Waals surface area contributed by atoms with Crippen LogP contribution in [0.1, 0.15) is 0 Å². The van der Waals surface area contributed by atoms with Gasteiger partial charge in [0.1, 0.15) is 0 Å². The van der Waals surface area contributed by atoms with Gasteiger partial charge in [-0.3, -0.25) is 0 Å². The zero-order valence-electron chi connectivity index (χ0n) is 5.66. The number of aromatic nitrogens is 2. The van der Waals surface area contributed by atoms with Gasteiger partial charge in [-0.15, -0.1) is 0 Å². The molecule has 1 aromatic carbocycles. The Balaban J connectivity index is 2.86. The highest BCUT2D eigenvalue weighted by molar-refractivity contribution is 6.18. The number of nitrogen functional groups attached to an aromatic ring is 1. The molecule has 2 aromatic rings. The van der Waals surface area contributed by atoms with Gasteiger partial charge in [0.05, 0.1) is 11.7 Å². The average Bonchev–Trinajstić information content (AvgIpc) is 2.32. The second kappa shape index (κ2) is 2.13. The van der Waals surface area contributed by atoms with Crippen molar-refractivity contribution in [2.24, 2.45) is 0 Å². The van der Waals surface area contributed by atoms with Gasteiger partial charge >= 0.3 is 0 Å². The number of anilines is 1. The summed E-state index contributed by atoms with van der Waals surface area (Å²) in [6, 6.07) is 5.47. The highest BCUT2D eigenvalue weighted by Crippen LogP contribution is 2.17. The van der Waals surface area contributed by atoms with Gasteiger partial charge in [-0.1, -0.05) is 0 Å². The van der Waals surface area contributed by atoms with E-state index in [1.54, 1.807) is 12.3 Å². The Hall–Kier alpha value is -1.22. The molecule has 11 heavy (non-hydrogen) atoms. The molecule has 0 aliphatic carbocycles. The van der Waals surface area contributed by atoms with Crippen molar-refractivity contribution >= 4 is 28.4 Å². The number of nitrogens with two attached hydrogens (primary N) is 1. The first-order valence-corrected chi connectivity index (χ1v) is 3.50. The summed E-state index contributed by atoms with van der Waals surface area (Å²) < 4.78 is 1.30. The van der Waals surface area contributed by atoms with Crippen molar-refractivity contribution in [3.8, 4) is 0 Å². The summed E-state index contributed by atoms with van der Waals surface area (Å²) in [6.45, 7) is 0. The van der Waals surface area contributed by atoms with Crippen LogP contribution in [0.5, 0.6) is 0 Å². The van der Waals surface area contributed by atoms with Crippen LogP contribution < -0.4 is 5.73 Å². The topological polar surface area (TPSA) is 43.8 Å². The summed E-state index contributed by atoms with van der Waals surface area (Å²) in [7, 11) is 0. The van der Waals surface area contributed by atoms with Crippen LogP contribution >= 0.6 is 11.8 Å². The molecule has 0 spiro atoms. The summed E-state index contributed by atoms with van der Waals surface area (Å²) in [4.78, 5) is 0. The smallest absolute Gasteiger partial charge is 0.0873 e. The fourth-order valence-corrected chi connectivity index (χ4v) is 1.22. The summed E-state index contributed by atoms with van der Waals surface area (Å²) in [5, 5.41) is 4.82. The molecule has 0 saturated heterocycles. The predicted molar refractivity (Wildman–Crippen MR) is 45.4 cm³/mol. The molecule has 3 nitrogen and oxygen atoms in total. The Kier molecular flexibility index (Phi) is 1.26. The fourth-order valence-electron chi connectivity index (χ4n) is 1.02. The zero-order chi connectivity index (χ0) is 7.84. The van der Waals surface area contributed by atoms with E-state index in [1.165, 1.54) is 4.20 Å². The molecule has 1 heterocycles. The van der Waals surface area contributed by atoms with Crippen molar-refractivity contribution in [1.82, 2.24) is 9.30 Å². The van der Waals surface area contributed by atoms with Crippen LogP contribution in [0.4, 0.5) is 5.69 Å². The van der Waals surface area contributed by atoms with E-state index >= 15 is 0 Å². The first-order chi connectivity index (χ1) is 5.27. The monoisotopic (exact) mass is 167 g/mol. The Morgan fingerprint density at radius 2 is 2.27 bits per heavy atom. The van der Waals surface area contributed by atoms with Crippen molar-refractivity contribution in [3.05, 3.63) is 24.4 Å². The number of benzene rings is 1. The summed E-state index contributed by atoms with van der Waals surface area (Å²) in [5.41, 5.74) is 7.15. The number of fused-ring (bicyclic) bond motifs is 1. The highest BCUT2D eigenvalue weighted by Gasteiger charge is 1.98. The summed E-state index contributed by atoms with van der Waals surface area (Å²) in [5.74, 6) is 0. The van der Waals surface area contributed by atoms with Gasteiger partial charge < -0.3 is 5.73 Å². The molecule has 1 aromatic heterocycles. The van der Waals surface area contributed by atoms with Crippen molar-refractivity contribution in [2.75, 3.05) is 5.73 Å². The van der Waals surface area contributed by atoms with Gasteiger partial charge in [0.15, 0.2) is 0 Å². The number of nitrogens with zero attached hydrogens (tertiary/aromatic N) is 2. The number of halogens is 1. The van der Waals surface area contributed by atoms with E-state index in [0.717, 1.165) is 16.6 Å². The van der Waals surface area contributed by atoms with Crippen molar-refractivity contribution < 1.29 is 0 Å². The molecule has 2 N–H and O–H groups in total. The molecule has 0 saturated carbocycles. The second-order valence-electron chi connectivity index (χ2n) is 2.32. The Bertz CT molecular complexity index is 393. The maximum atomic E-state index is 5.69. The van der Waals surface area contributed by atoms with Gasteiger partial charge in [-0.25, -0.2) is 0 Å². The van der Waals surface area contributed by atoms with E-state index in [0.29, 0.717) is 0 Å². The molecule has 0 radical (unpaired) electrons. The van der Waals surface area contributed by atoms with Crippen LogP contribution in [0.2, 0.25) is 0 Å². The van der Waals surface area contributed by atoms with Crippen LogP contribution in [0.15, 0.2) is 24.4 Å². The zero-order valence-corrected chi connectivity index (χ0v) is 6.42. The largest absolute Gasteiger partial charge is 0.399 e. The van der Waals surface area contributed by atoms with Crippen LogP contribution in [-0.4, -0.2) is 9.30 Å². The van der Waals surface area contributed by atoms with Gasteiger partial charge in [-0.05, 0) is 18.2 Å². The third-order valence-electron chi connectivity index (χ3n) is 1.55. The molecule has 56 valence electrons. The van der Waals surface area contributed by atoms with Gasteiger partial charge in [0.2, 0.25) is 0 Å². The lowest BCUT2D eigenvalue weighted by molar-refractivity contribution is 1.02. The first-order valence-electron chi connectivity index (χ1n) is 3.17.